The third-order valence-corrected chi connectivity index (χ3v) is 5.05. The van der Waals surface area contributed by atoms with Crippen LogP contribution >= 0.6 is 0 Å². The molecule has 0 bridgehead atoms. The van der Waals surface area contributed by atoms with Gasteiger partial charge in [0.05, 0.1) is 26.2 Å². The lowest BCUT2D eigenvalue weighted by Crippen LogP contribution is -2.25. The second kappa shape index (κ2) is 7.47. The molecule has 1 aliphatic rings. The van der Waals surface area contributed by atoms with E-state index < -0.39 is 5.92 Å². The molecule has 3 rings (SSSR count). The van der Waals surface area contributed by atoms with Gasteiger partial charge in [-0.05, 0) is 30.5 Å². The highest BCUT2D eigenvalue weighted by Gasteiger charge is 2.36. The second-order valence-corrected chi connectivity index (χ2v) is 6.58. The quantitative estimate of drug-likeness (QED) is 0.790. The van der Waals surface area contributed by atoms with Crippen LogP contribution in [0.2, 0.25) is 0 Å². The predicted octanol–water partition coefficient (Wildman–Crippen LogP) is 3.79. The maximum atomic E-state index is 11.7. The van der Waals surface area contributed by atoms with Crippen LogP contribution in [0, 0.1) is 24.2 Å². The van der Waals surface area contributed by atoms with Crippen molar-refractivity contribution in [3.63, 3.8) is 0 Å². The number of methoxy groups -OCH3 is 2. The molecule has 2 aromatic rings. The third kappa shape index (κ3) is 3.10. The zero-order valence-corrected chi connectivity index (χ0v) is 15.2. The van der Waals surface area contributed by atoms with Gasteiger partial charge in [0.25, 0.3) is 0 Å². The first-order valence-corrected chi connectivity index (χ1v) is 8.55. The predicted molar refractivity (Wildman–Crippen MR) is 99.2 cm³/mol. The lowest BCUT2D eigenvalue weighted by Gasteiger charge is -2.31. The number of benzene rings is 2. The molecule has 0 saturated heterocycles. The van der Waals surface area contributed by atoms with E-state index in [1.807, 2.05) is 37.3 Å². The van der Waals surface area contributed by atoms with E-state index in [1.165, 1.54) is 0 Å². The molecule has 0 spiro atoms. The summed E-state index contributed by atoms with van der Waals surface area (Å²) in [5.74, 6) is 2.68. The number of hydrogen-bond donors (Lipinski definition) is 0. The Bertz CT molecular complexity index is 919. The van der Waals surface area contributed by atoms with Crippen molar-refractivity contribution < 1.29 is 14.3 Å². The van der Waals surface area contributed by atoms with Gasteiger partial charge in [-0.2, -0.15) is 5.26 Å². The first kappa shape index (κ1) is 17.8. The molecule has 0 saturated carbocycles. The van der Waals surface area contributed by atoms with Gasteiger partial charge in [-0.3, -0.25) is 0 Å². The lowest BCUT2D eigenvalue weighted by atomic mass is 9.70. The summed E-state index contributed by atoms with van der Waals surface area (Å²) in [4.78, 5) is 11.7. The molecule has 1 aliphatic carbocycles. The summed E-state index contributed by atoms with van der Waals surface area (Å²) < 4.78 is 10.9. The number of carbonyl (C=O) groups excluding carboxylic acids is 1. The van der Waals surface area contributed by atoms with E-state index in [2.05, 4.69) is 18.1 Å². The number of nitrogens with zero attached hydrogens (tertiary/aromatic N) is 1. The van der Waals surface area contributed by atoms with E-state index in [1.54, 1.807) is 14.2 Å². The second-order valence-electron chi connectivity index (χ2n) is 6.58. The van der Waals surface area contributed by atoms with Crippen molar-refractivity contribution in [2.45, 2.75) is 25.7 Å². The van der Waals surface area contributed by atoms with Gasteiger partial charge >= 0.3 is 0 Å². The highest BCUT2D eigenvalue weighted by Crippen LogP contribution is 2.46. The highest BCUT2D eigenvalue weighted by molar-refractivity contribution is 5.64. The van der Waals surface area contributed by atoms with Gasteiger partial charge < -0.3 is 9.47 Å². The number of rotatable bonds is 4. The molecular weight excluding hydrogens is 326 g/mol. The maximum absolute atomic E-state index is 11.7. The fourth-order valence-electron chi connectivity index (χ4n) is 3.82. The van der Waals surface area contributed by atoms with Gasteiger partial charge in [-0.15, -0.1) is 0 Å². The Morgan fingerprint density at radius 3 is 2.62 bits per heavy atom. The van der Waals surface area contributed by atoms with Crippen molar-refractivity contribution in [3.05, 3.63) is 64.2 Å². The van der Waals surface area contributed by atoms with E-state index in [0.29, 0.717) is 29.9 Å². The average Bonchev–Trinajstić information content (AvgIpc) is 2.66. The largest absolute Gasteiger partial charge is 0.493 e. The molecule has 2 aromatic carbocycles. The van der Waals surface area contributed by atoms with Gasteiger partial charge in [-0.1, -0.05) is 35.9 Å². The van der Waals surface area contributed by atoms with Crippen molar-refractivity contribution in [3.8, 4) is 17.6 Å². The monoisotopic (exact) mass is 347 g/mol. The summed E-state index contributed by atoms with van der Waals surface area (Å²) in [5, 5.41) is 9.88. The molecule has 4 heteroatoms. The van der Waals surface area contributed by atoms with Gasteiger partial charge in [0.2, 0.25) is 0 Å². The molecule has 26 heavy (non-hydrogen) atoms. The molecule has 132 valence electrons. The zero-order valence-electron chi connectivity index (χ0n) is 15.2. The molecule has 2 atom stereocenters. The third-order valence-electron chi connectivity index (χ3n) is 5.05. The number of hydrogen-bond acceptors (Lipinski definition) is 4. The minimum Gasteiger partial charge on any atom is -0.493 e. The Hall–Kier alpha value is -3.02. The zero-order chi connectivity index (χ0) is 18.7. The van der Waals surface area contributed by atoms with Crippen molar-refractivity contribution in [2.75, 3.05) is 14.2 Å². The normalized spacial score (nSPS) is 18.5. The van der Waals surface area contributed by atoms with Crippen LogP contribution in [-0.2, 0) is 17.6 Å². The molecule has 0 N–H and O–H groups in total. The summed E-state index contributed by atoms with van der Waals surface area (Å²) in [6.07, 6.45) is 1.06. The number of aryl methyl sites for hydroxylation is 1. The molecule has 0 amide bonds. The molecule has 4 nitrogen and oxygen atoms in total. The summed E-state index contributed by atoms with van der Waals surface area (Å²) in [5.41, 5.74) is 4.64. The Kier molecular flexibility index (Phi) is 5.11. The lowest BCUT2D eigenvalue weighted by molar-refractivity contribution is 0.349. The van der Waals surface area contributed by atoms with Gasteiger partial charge in [-0.25, -0.2) is 4.79 Å². The van der Waals surface area contributed by atoms with Crippen LogP contribution in [0.1, 0.15) is 28.2 Å². The van der Waals surface area contributed by atoms with Gasteiger partial charge in [0.1, 0.15) is 5.94 Å². The van der Waals surface area contributed by atoms with Crippen molar-refractivity contribution in [1.82, 2.24) is 0 Å². The first-order chi connectivity index (χ1) is 12.6. The summed E-state index contributed by atoms with van der Waals surface area (Å²) in [7, 11) is 3.15. The Morgan fingerprint density at radius 1 is 1.19 bits per heavy atom. The van der Waals surface area contributed by atoms with Gasteiger partial charge in [0.15, 0.2) is 11.5 Å². The first-order valence-electron chi connectivity index (χ1n) is 8.55. The van der Waals surface area contributed by atoms with Crippen LogP contribution in [0.25, 0.3) is 0 Å². The number of allylic oxidation sites excluding steroid dienone is 1. The fraction of sp³-hybridized carbons (Fsp3) is 0.318. The van der Waals surface area contributed by atoms with E-state index >= 15 is 0 Å². The van der Waals surface area contributed by atoms with Crippen molar-refractivity contribution in [1.29, 1.82) is 5.26 Å². The van der Waals surface area contributed by atoms with E-state index in [4.69, 9.17) is 9.47 Å². The molecule has 0 fully saturated rings. The van der Waals surface area contributed by atoms with Gasteiger partial charge in [0, 0.05) is 23.5 Å². The number of fused-ring (bicyclic) bond motifs is 1. The SMILES string of the molecule is COc1ccc2c(c1OC)CC(=C=O)C(Cc1cccc(C)c1)C2C#N. The van der Waals surface area contributed by atoms with Crippen molar-refractivity contribution in [2.24, 2.45) is 5.92 Å². The Morgan fingerprint density at radius 2 is 2.00 bits per heavy atom. The summed E-state index contributed by atoms with van der Waals surface area (Å²) in [6, 6.07) is 14.3. The Labute approximate surface area is 153 Å². The molecular formula is C22H21NO3. The molecule has 0 aliphatic heterocycles. The average molecular weight is 347 g/mol. The van der Waals surface area contributed by atoms with Crippen LogP contribution in [0.5, 0.6) is 11.5 Å². The maximum Gasteiger partial charge on any atom is 0.164 e. The van der Waals surface area contributed by atoms with Crippen LogP contribution in [0.15, 0.2) is 42.0 Å². The standard InChI is InChI=1S/C22H21NO3/c1-14-5-4-6-15(9-14)10-18-16(13-24)11-19-17(20(18)12-23)7-8-21(25-2)22(19)26-3/h4-9,18,20H,10-11H2,1-3H3. The highest BCUT2D eigenvalue weighted by atomic mass is 16.5. The van der Waals surface area contributed by atoms with Crippen LogP contribution in [-0.4, -0.2) is 20.2 Å². The minimum absolute atomic E-state index is 0.190. The van der Waals surface area contributed by atoms with E-state index in [9.17, 15) is 10.1 Å². The fourth-order valence-corrected chi connectivity index (χ4v) is 3.82. The Balaban J connectivity index is 2.09. The molecule has 0 heterocycles. The van der Waals surface area contributed by atoms with Crippen LogP contribution in [0.4, 0.5) is 0 Å². The minimum atomic E-state index is -0.421. The summed E-state index contributed by atoms with van der Waals surface area (Å²) >= 11 is 0. The van der Waals surface area contributed by atoms with Crippen LogP contribution in [0.3, 0.4) is 0 Å². The smallest absolute Gasteiger partial charge is 0.164 e. The van der Waals surface area contributed by atoms with Crippen LogP contribution < -0.4 is 9.47 Å². The summed E-state index contributed by atoms with van der Waals surface area (Å²) in [6.45, 7) is 2.04. The van der Waals surface area contributed by atoms with E-state index in [-0.39, 0.29) is 5.92 Å². The molecule has 0 aromatic heterocycles. The molecule has 2 unspecified atom stereocenters. The van der Waals surface area contributed by atoms with Crippen molar-refractivity contribution >= 4 is 5.94 Å². The topological polar surface area (TPSA) is 59.3 Å². The number of nitriles is 1. The number of ether oxygens (including phenoxy) is 2. The van der Waals surface area contributed by atoms with E-state index in [0.717, 1.165) is 22.3 Å². The molecule has 0 radical (unpaired) electrons.